The third kappa shape index (κ3) is 3.17. The molecule has 1 unspecified atom stereocenters. The number of nitrogens with zero attached hydrogens (tertiary/aromatic N) is 1. The van der Waals surface area contributed by atoms with Crippen LogP contribution in [0.1, 0.15) is 34.7 Å². The fourth-order valence-electron chi connectivity index (χ4n) is 1.86. The molecular formula is C15H17N3O. The number of hydrogen-bond acceptors (Lipinski definition) is 3. The van der Waals surface area contributed by atoms with Crippen molar-refractivity contribution in [1.29, 1.82) is 0 Å². The third-order valence-corrected chi connectivity index (χ3v) is 2.82. The molecule has 3 N–H and O–H groups in total. The molecule has 0 saturated heterocycles. The fraction of sp³-hybridized carbons (Fsp3) is 0.200. The van der Waals surface area contributed by atoms with Crippen LogP contribution in [0, 0.1) is 6.92 Å². The van der Waals surface area contributed by atoms with E-state index in [1.165, 1.54) is 0 Å². The molecule has 0 aliphatic heterocycles. The van der Waals surface area contributed by atoms with E-state index < -0.39 is 0 Å². The maximum Gasteiger partial charge on any atom is 0.274 e. The van der Waals surface area contributed by atoms with Crippen molar-refractivity contribution in [2.75, 3.05) is 5.32 Å². The van der Waals surface area contributed by atoms with E-state index in [2.05, 4.69) is 10.3 Å². The van der Waals surface area contributed by atoms with Crippen LogP contribution in [0.25, 0.3) is 0 Å². The van der Waals surface area contributed by atoms with Crippen LogP contribution in [0.4, 0.5) is 5.69 Å². The number of carbonyl (C=O) groups is 1. The fourth-order valence-corrected chi connectivity index (χ4v) is 1.86. The van der Waals surface area contributed by atoms with Gasteiger partial charge in [-0.1, -0.05) is 24.3 Å². The van der Waals surface area contributed by atoms with Gasteiger partial charge < -0.3 is 11.1 Å². The van der Waals surface area contributed by atoms with Gasteiger partial charge in [0, 0.05) is 17.4 Å². The molecule has 1 aromatic heterocycles. The minimum atomic E-state index is -0.225. The highest BCUT2D eigenvalue weighted by atomic mass is 16.1. The number of nitrogens with two attached hydrogens (primary N) is 1. The van der Waals surface area contributed by atoms with E-state index in [0.717, 1.165) is 16.9 Å². The lowest BCUT2D eigenvalue weighted by Crippen LogP contribution is -2.17. The number of rotatable bonds is 3. The van der Waals surface area contributed by atoms with Crippen LogP contribution in [-0.4, -0.2) is 10.9 Å². The lowest BCUT2D eigenvalue weighted by Gasteiger charge is -2.13. The van der Waals surface area contributed by atoms with Crippen LogP contribution >= 0.6 is 0 Å². The Kier molecular flexibility index (Phi) is 3.92. The SMILES string of the molecule is Cc1cccc(C(=O)Nc2ccccc2C(C)N)n1. The first-order chi connectivity index (χ1) is 9.08. The van der Waals surface area contributed by atoms with Crippen molar-refractivity contribution in [2.45, 2.75) is 19.9 Å². The van der Waals surface area contributed by atoms with Crippen LogP contribution in [0.5, 0.6) is 0 Å². The molecule has 0 radical (unpaired) electrons. The van der Waals surface area contributed by atoms with E-state index in [9.17, 15) is 4.79 Å². The van der Waals surface area contributed by atoms with Crippen molar-refractivity contribution in [3.8, 4) is 0 Å². The number of aryl methyl sites for hydroxylation is 1. The minimum Gasteiger partial charge on any atom is -0.324 e. The Morgan fingerprint density at radius 2 is 1.95 bits per heavy atom. The highest BCUT2D eigenvalue weighted by molar-refractivity contribution is 6.03. The predicted octanol–water partition coefficient (Wildman–Crippen LogP) is 2.66. The number of anilines is 1. The average Bonchev–Trinajstić information content (AvgIpc) is 2.39. The zero-order valence-corrected chi connectivity index (χ0v) is 11.1. The molecule has 1 atom stereocenters. The summed E-state index contributed by atoms with van der Waals surface area (Å²) in [5.74, 6) is -0.225. The highest BCUT2D eigenvalue weighted by Gasteiger charge is 2.11. The Morgan fingerprint density at radius 3 is 2.63 bits per heavy atom. The summed E-state index contributed by atoms with van der Waals surface area (Å²) in [6, 6.07) is 12.7. The quantitative estimate of drug-likeness (QED) is 0.886. The molecule has 1 aromatic carbocycles. The van der Waals surface area contributed by atoms with E-state index >= 15 is 0 Å². The Morgan fingerprint density at radius 1 is 1.21 bits per heavy atom. The number of pyridine rings is 1. The summed E-state index contributed by atoms with van der Waals surface area (Å²) < 4.78 is 0. The summed E-state index contributed by atoms with van der Waals surface area (Å²) in [5, 5.41) is 2.85. The summed E-state index contributed by atoms with van der Waals surface area (Å²) in [6.07, 6.45) is 0. The van der Waals surface area contributed by atoms with Gasteiger partial charge in [-0.2, -0.15) is 0 Å². The second-order valence-corrected chi connectivity index (χ2v) is 4.49. The van der Waals surface area contributed by atoms with Gasteiger partial charge in [-0.15, -0.1) is 0 Å². The predicted molar refractivity (Wildman–Crippen MR) is 76.0 cm³/mol. The summed E-state index contributed by atoms with van der Waals surface area (Å²) in [4.78, 5) is 16.3. The second kappa shape index (κ2) is 5.63. The van der Waals surface area contributed by atoms with Crippen molar-refractivity contribution in [3.05, 3.63) is 59.4 Å². The molecule has 4 nitrogen and oxygen atoms in total. The maximum absolute atomic E-state index is 12.1. The molecule has 19 heavy (non-hydrogen) atoms. The summed E-state index contributed by atoms with van der Waals surface area (Å²) in [7, 11) is 0. The van der Waals surface area contributed by atoms with Crippen molar-refractivity contribution in [3.63, 3.8) is 0 Å². The Labute approximate surface area is 112 Å². The number of hydrogen-bond donors (Lipinski definition) is 2. The highest BCUT2D eigenvalue weighted by Crippen LogP contribution is 2.21. The molecule has 0 fully saturated rings. The molecule has 0 aliphatic rings. The zero-order chi connectivity index (χ0) is 13.8. The summed E-state index contributed by atoms with van der Waals surface area (Å²) >= 11 is 0. The van der Waals surface area contributed by atoms with E-state index in [-0.39, 0.29) is 11.9 Å². The number of carbonyl (C=O) groups excluding carboxylic acids is 1. The molecule has 4 heteroatoms. The molecule has 2 rings (SSSR count). The minimum absolute atomic E-state index is 0.137. The number of nitrogens with one attached hydrogen (secondary N) is 1. The Balaban J connectivity index is 2.24. The molecule has 0 aliphatic carbocycles. The van der Waals surface area contributed by atoms with Crippen LogP contribution in [0.15, 0.2) is 42.5 Å². The first-order valence-corrected chi connectivity index (χ1v) is 6.17. The largest absolute Gasteiger partial charge is 0.324 e. The van der Waals surface area contributed by atoms with Crippen LogP contribution in [0.3, 0.4) is 0 Å². The van der Waals surface area contributed by atoms with Gasteiger partial charge in [0.2, 0.25) is 0 Å². The standard InChI is InChI=1S/C15H17N3O/c1-10-6-5-9-14(17-10)15(19)18-13-8-4-3-7-12(13)11(2)16/h3-9,11H,16H2,1-2H3,(H,18,19). The van der Waals surface area contributed by atoms with Gasteiger partial charge in [-0.3, -0.25) is 4.79 Å². The molecule has 0 saturated carbocycles. The Hall–Kier alpha value is -2.20. The number of amides is 1. The summed E-state index contributed by atoms with van der Waals surface area (Å²) in [6.45, 7) is 3.74. The lowest BCUT2D eigenvalue weighted by molar-refractivity contribution is 0.102. The maximum atomic E-state index is 12.1. The smallest absolute Gasteiger partial charge is 0.274 e. The van der Waals surface area contributed by atoms with Crippen molar-refractivity contribution < 1.29 is 4.79 Å². The van der Waals surface area contributed by atoms with Crippen molar-refractivity contribution in [2.24, 2.45) is 5.73 Å². The molecular weight excluding hydrogens is 238 g/mol. The van der Waals surface area contributed by atoms with Gasteiger partial charge in [0.1, 0.15) is 5.69 Å². The zero-order valence-electron chi connectivity index (χ0n) is 11.1. The average molecular weight is 255 g/mol. The first kappa shape index (κ1) is 13.2. The van der Waals surface area contributed by atoms with Crippen molar-refractivity contribution in [1.82, 2.24) is 4.98 Å². The normalized spacial score (nSPS) is 11.9. The molecule has 2 aromatic rings. The van der Waals surface area contributed by atoms with Gasteiger partial charge in [0.15, 0.2) is 0 Å². The van der Waals surface area contributed by atoms with Gasteiger partial charge in [0.05, 0.1) is 0 Å². The molecule has 1 heterocycles. The van der Waals surface area contributed by atoms with E-state index in [0.29, 0.717) is 5.69 Å². The number of benzene rings is 1. The lowest BCUT2D eigenvalue weighted by atomic mass is 10.1. The monoisotopic (exact) mass is 255 g/mol. The second-order valence-electron chi connectivity index (χ2n) is 4.49. The Bertz CT molecular complexity index is 593. The summed E-state index contributed by atoms with van der Waals surface area (Å²) in [5.41, 5.74) is 8.74. The van der Waals surface area contributed by atoms with Gasteiger partial charge in [-0.05, 0) is 37.6 Å². The van der Waals surface area contributed by atoms with Gasteiger partial charge >= 0.3 is 0 Å². The van der Waals surface area contributed by atoms with E-state index in [1.807, 2.05) is 50.2 Å². The topological polar surface area (TPSA) is 68.0 Å². The van der Waals surface area contributed by atoms with Crippen molar-refractivity contribution >= 4 is 11.6 Å². The molecule has 1 amide bonds. The van der Waals surface area contributed by atoms with Crippen LogP contribution in [0.2, 0.25) is 0 Å². The molecule has 0 spiro atoms. The molecule has 98 valence electrons. The molecule has 0 bridgehead atoms. The van der Waals surface area contributed by atoms with Crippen LogP contribution in [-0.2, 0) is 0 Å². The number of aromatic nitrogens is 1. The number of para-hydroxylation sites is 1. The van der Waals surface area contributed by atoms with Gasteiger partial charge in [0.25, 0.3) is 5.91 Å². The third-order valence-electron chi connectivity index (χ3n) is 2.82. The first-order valence-electron chi connectivity index (χ1n) is 6.17. The van der Waals surface area contributed by atoms with E-state index in [4.69, 9.17) is 5.73 Å². The van der Waals surface area contributed by atoms with Crippen LogP contribution < -0.4 is 11.1 Å². The van der Waals surface area contributed by atoms with Gasteiger partial charge in [-0.25, -0.2) is 4.98 Å². The van der Waals surface area contributed by atoms with E-state index in [1.54, 1.807) is 6.07 Å².